The highest BCUT2D eigenvalue weighted by molar-refractivity contribution is 5.85. The number of ketones is 1. The van der Waals surface area contributed by atoms with Crippen molar-refractivity contribution in [3.63, 3.8) is 0 Å². The van der Waals surface area contributed by atoms with Crippen molar-refractivity contribution >= 4 is 11.8 Å². The molecule has 15 heavy (non-hydrogen) atoms. The Bertz CT molecular complexity index is 349. The minimum Gasteiger partial charge on any atom is -0.462 e. The molecule has 1 aliphatic heterocycles. The number of carbonyl (C=O) groups is 2. The Kier molecular flexibility index (Phi) is 2.60. The van der Waals surface area contributed by atoms with Crippen LogP contribution in [0.25, 0.3) is 10.4 Å². The van der Waals surface area contributed by atoms with Crippen LogP contribution in [0.4, 0.5) is 0 Å². The van der Waals surface area contributed by atoms with E-state index >= 15 is 0 Å². The molecule has 0 aromatic carbocycles. The topological polar surface area (TPSA) is 92.1 Å². The minimum atomic E-state index is -0.181. The van der Waals surface area contributed by atoms with Crippen LogP contribution in [0.15, 0.2) is 5.11 Å². The maximum atomic E-state index is 11.6. The normalized spacial score (nSPS) is 33.1. The van der Waals surface area contributed by atoms with Gasteiger partial charge in [0.15, 0.2) is 0 Å². The second-order valence-corrected chi connectivity index (χ2v) is 4.02. The average Bonchev–Trinajstić information content (AvgIpc) is 2.49. The molecule has 0 aromatic rings. The van der Waals surface area contributed by atoms with E-state index in [0.717, 1.165) is 6.42 Å². The molecule has 1 saturated carbocycles. The van der Waals surface area contributed by atoms with Crippen LogP contribution in [-0.4, -0.2) is 24.4 Å². The van der Waals surface area contributed by atoms with Crippen LogP contribution in [-0.2, 0) is 14.3 Å². The van der Waals surface area contributed by atoms with Gasteiger partial charge in [-0.1, -0.05) is 5.11 Å². The Morgan fingerprint density at radius 2 is 2.33 bits per heavy atom. The van der Waals surface area contributed by atoms with E-state index < -0.39 is 0 Å². The third-order valence-corrected chi connectivity index (χ3v) is 3.03. The van der Waals surface area contributed by atoms with Gasteiger partial charge in [-0.15, -0.1) is 0 Å². The first-order valence-electron chi connectivity index (χ1n) is 4.94. The Morgan fingerprint density at radius 3 is 3.00 bits per heavy atom. The van der Waals surface area contributed by atoms with Gasteiger partial charge in [-0.05, 0) is 24.8 Å². The van der Waals surface area contributed by atoms with E-state index in [1.807, 2.05) is 0 Å². The second kappa shape index (κ2) is 3.90. The van der Waals surface area contributed by atoms with Crippen molar-refractivity contribution in [2.45, 2.75) is 25.4 Å². The molecule has 3 atom stereocenters. The number of fused-ring (bicyclic) bond motifs is 2. The van der Waals surface area contributed by atoms with Gasteiger partial charge in [0.05, 0.1) is 12.5 Å². The zero-order valence-corrected chi connectivity index (χ0v) is 8.13. The number of carbonyl (C=O) groups excluding carboxylic acids is 2. The molecule has 0 N–H and O–H groups in total. The van der Waals surface area contributed by atoms with Gasteiger partial charge in [0.2, 0.25) is 0 Å². The lowest BCUT2D eigenvalue weighted by atomic mass is 9.80. The van der Waals surface area contributed by atoms with Gasteiger partial charge >= 0.3 is 5.97 Å². The van der Waals surface area contributed by atoms with Crippen molar-refractivity contribution in [3.05, 3.63) is 10.4 Å². The molecule has 1 heterocycles. The first kappa shape index (κ1) is 9.98. The summed E-state index contributed by atoms with van der Waals surface area (Å²) in [7, 11) is 0. The van der Waals surface area contributed by atoms with E-state index in [-0.39, 0.29) is 36.2 Å². The summed E-state index contributed by atoms with van der Waals surface area (Å²) in [5, 5.41) is 3.24. The predicted octanol–water partition coefficient (Wildman–Crippen LogP) is 1.21. The van der Waals surface area contributed by atoms with E-state index in [2.05, 4.69) is 10.0 Å². The van der Waals surface area contributed by atoms with E-state index in [0.29, 0.717) is 12.8 Å². The van der Waals surface area contributed by atoms with Crippen LogP contribution in [0.2, 0.25) is 0 Å². The summed E-state index contributed by atoms with van der Waals surface area (Å²) < 4.78 is 5.08. The van der Waals surface area contributed by atoms with Crippen LogP contribution in [0, 0.1) is 11.8 Å². The van der Waals surface area contributed by atoms with Crippen LogP contribution < -0.4 is 0 Å². The van der Waals surface area contributed by atoms with Crippen LogP contribution in [0.1, 0.15) is 19.3 Å². The number of Topliss-reactive ketones (excluding diaryl/α,β-unsaturated/α-hetero) is 1. The lowest BCUT2D eigenvalue weighted by Gasteiger charge is -2.22. The standard InChI is InChI=1S/C9H11N3O3/c10-12-11-4-8(13)5-1-6-3-7(2-5)15-9(6)14/h5-7H,1-4H2. The number of hydrogen-bond acceptors (Lipinski definition) is 4. The number of rotatable bonds is 3. The predicted molar refractivity (Wildman–Crippen MR) is 49.7 cm³/mol. The van der Waals surface area contributed by atoms with E-state index in [4.69, 9.17) is 10.3 Å². The molecular weight excluding hydrogens is 198 g/mol. The lowest BCUT2D eigenvalue weighted by Crippen LogP contribution is -2.27. The van der Waals surface area contributed by atoms with Crippen LogP contribution >= 0.6 is 0 Å². The van der Waals surface area contributed by atoms with Crippen LogP contribution in [0.3, 0.4) is 0 Å². The van der Waals surface area contributed by atoms with Gasteiger partial charge in [0.25, 0.3) is 0 Å². The maximum absolute atomic E-state index is 11.6. The molecule has 3 unspecified atom stereocenters. The molecule has 1 aliphatic carbocycles. The molecule has 2 aliphatic rings. The summed E-state index contributed by atoms with van der Waals surface area (Å²) in [6, 6.07) is 0. The van der Waals surface area contributed by atoms with Gasteiger partial charge in [-0.25, -0.2) is 0 Å². The zero-order valence-electron chi connectivity index (χ0n) is 8.13. The Hall–Kier alpha value is -1.55. The van der Waals surface area contributed by atoms with Crippen molar-refractivity contribution < 1.29 is 14.3 Å². The monoisotopic (exact) mass is 209 g/mol. The highest BCUT2D eigenvalue weighted by atomic mass is 16.6. The number of hydrogen-bond donors (Lipinski definition) is 0. The van der Waals surface area contributed by atoms with Crippen molar-refractivity contribution in [3.8, 4) is 0 Å². The molecule has 6 heteroatoms. The van der Waals surface area contributed by atoms with Crippen molar-refractivity contribution in [1.29, 1.82) is 0 Å². The van der Waals surface area contributed by atoms with Gasteiger partial charge < -0.3 is 4.74 Å². The summed E-state index contributed by atoms with van der Waals surface area (Å²) in [6.45, 7) is -0.116. The Labute approximate surface area is 86.2 Å². The highest BCUT2D eigenvalue weighted by Gasteiger charge is 2.43. The second-order valence-electron chi connectivity index (χ2n) is 4.02. The van der Waals surface area contributed by atoms with Gasteiger partial charge in [-0.3, -0.25) is 9.59 Å². The van der Waals surface area contributed by atoms with Crippen molar-refractivity contribution in [2.24, 2.45) is 17.0 Å². The number of azide groups is 1. The van der Waals surface area contributed by atoms with Crippen molar-refractivity contribution in [2.75, 3.05) is 6.54 Å². The molecule has 2 bridgehead atoms. The third kappa shape index (κ3) is 1.94. The largest absolute Gasteiger partial charge is 0.462 e. The van der Waals surface area contributed by atoms with Gasteiger partial charge in [0.1, 0.15) is 11.9 Å². The smallest absolute Gasteiger partial charge is 0.309 e. The summed E-state index contributed by atoms with van der Waals surface area (Å²) in [5.74, 6) is -0.561. The maximum Gasteiger partial charge on any atom is 0.309 e. The molecule has 6 nitrogen and oxygen atoms in total. The van der Waals surface area contributed by atoms with Crippen LogP contribution in [0.5, 0.6) is 0 Å². The number of ether oxygens (including phenoxy) is 1. The van der Waals surface area contributed by atoms with Gasteiger partial charge in [-0.2, -0.15) is 0 Å². The molecule has 2 rings (SSSR count). The van der Waals surface area contributed by atoms with E-state index in [9.17, 15) is 9.59 Å². The molecule has 0 radical (unpaired) electrons. The van der Waals surface area contributed by atoms with E-state index in [1.165, 1.54) is 0 Å². The Morgan fingerprint density at radius 1 is 1.53 bits per heavy atom. The summed E-state index contributed by atoms with van der Waals surface area (Å²) in [6.07, 6.45) is 1.78. The fourth-order valence-corrected chi connectivity index (χ4v) is 2.31. The number of esters is 1. The first-order valence-corrected chi connectivity index (χ1v) is 4.94. The highest BCUT2D eigenvalue weighted by Crippen LogP contribution is 2.37. The van der Waals surface area contributed by atoms with Gasteiger partial charge in [0, 0.05) is 10.8 Å². The summed E-state index contributed by atoms with van der Waals surface area (Å²) in [5.41, 5.74) is 8.10. The molecule has 1 saturated heterocycles. The fraction of sp³-hybridized carbons (Fsp3) is 0.778. The number of nitrogens with zero attached hydrogens (tertiary/aromatic N) is 3. The third-order valence-electron chi connectivity index (χ3n) is 3.03. The first-order chi connectivity index (χ1) is 7.20. The Balaban J connectivity index is 1.98. The molecule has 0 spiro atoms. The zero-order chi connectivity index (χ0) is 10.8. The SMILES string of the molecule is [N-]=[N+]=NCC(=O)C1CC2CC(C1)C(=O)O2. The molecular formula is C9H11N3O3. The lowest BCUT2D eigenvalue weighted by molar-refractivity contribution is -0.143. The molecule has 80 valence electrons. The molecule has 0 aromatic heterocycles. The average molecular weight is 209 g/mol. The fourth-order valence-electron chi connectivity index (χ4n) is 2.31. The quantitative estimate of drug-likeness (QED) is 0.302. The molecule has 2 fully saturated rings. The summed E-state index contributed by atoms with van der Waals surface area (Å²) >= 11 is 0. The van der Waals surface area contributed by atoms with Crippen molar-refractivity contribution in [1.82, 2.24) is 0 Å². The summed E-state index contributed by atoms with van der Waals surface area (Å²) in [4.78, 5) is 25.3. The molecule has 0 amide bonds. The van der Waals surface area contributed by atoms with E-state index in [1.54, 1.807) is 0 Å². The minimum absolute atomic E-state index is 0.0826.